The first-order chi connectivity index (χ1) is 8.22. The van der Waals surface area contributed by atoms with Gasteiger partial charge in [0.1, 0.15) is 12.0 Å². The molecule has 0 bridgehead atoms. The second-order valence-corrected chi connectivity index (χ2v) is 4.03. The number of hydrogen-bond acceptors (Lipinski definition) is 5. The molecule has 0 spiro atoms. The third kappa shape index (κ3) is 2.46. The van der Waals surface area contributed by atoms with Crippen LogP contribution in [0.25, 0.3) is 0 Å². The van der Waals surface area contributed by atoms with Crippen LogP contribution in [0.1, 0.15) is 32.6 Å². The van der Waals surface area contributed by atoms with Crippen LogP contribution in [0.3, 0.4) is 0 Å². The Bertz CT molecular complexity index is 422. The molecular formula is C11H16N4O2. The zero-order valence-corrected chi connectivity index (χ0v) is 9.77. The Labute approximate surface area is 99.6 Å². The average Bonchev–Trinajstić information content (AvgIpc) is 2.31. The fourth-order valence-corrected chi connectivity index (χ4v) is 1.75. The molecular weight excluding hydrogens is 220 g/mol. The highest BCUT2D eigenvalue weighted by Gasteiger charge is 2.29. The van der Waals surface area contributed by atoms with E-state index >= 15 is 0 Å². The Morgan fingerprint density at radius 1 is 1.47 bits per heavy atom. The lowest BCUT2D eigenvalue weighted by Crippen LogP contribution is -2.37. The minimum Gasteiger partial charge on any atom is -0.463 e. The minimum atomic E-state index is -0.469. The predicted octanol–water partition coefficient (Wildman–Crippen LogP) is 1.34. The van der Waals surface area contributed by atoms with Crippen molar-refractivity contribution in [3.63, 3.8) is 0 Å². The number of nitrogen functional groups attached to an aromatic ring is 1. The number of fused-ring (bicyclic) bond motifs is 1. The second kappa shape index (κ2) is 4.99. The first-order valence-corrected chi connectivity index (χ1v) is 5.80. The molecule has 1 unspecified atom stereocenters. The maximum Gasteiger partial charge on any atom is 0.265 e. The number of nitrogens with zero attached hydrogens (tertiary/aromatic N) is 2. The summed E-state index contributed by atoms with van der Waals surface area (Å²) in [5, 5.41) is 2.69. The Hall–Kier alpha value is -1.85. The summed E-state index contributed by atoms with van der Waals surface area (Å²) in [6, 6.07) is 0. The number of rotatable bonds is 4. The van der Waals surface area contributed by atoms with Gasteiger partial charge >= 0.3 is 0 Å². The highest BCUT2D eigenvalue weighted by molar-refractivity contribution is 5.99. The molecule has 1 atom stereocenters. The van der Waals surface area contributed by atoms with Gasteiger partial charge in [-0.3, -0.25) is 4.79 Å². The summed E-state index contributed by atoms with van der Waals surface area (Å²) in [6.07, 6.45) is 4.72. The van der Waals surface area contributed by atoms with E-state index in [1.807, 2.05) is 0 Å². The number of anilines is 2. The van der Waals surface area contributed by atoms with Crippen LogP contribution < -0.4 is 15.8 Å². The van der Waals surface area contributed by atoms with Crippen molar-refractivity contribution in [2.45, 2.75) is 38.7 Å². The lowest BCUT2D eigenvalue weighted by atomic mass is 10.1. The number of carbonyl (C=O) groups excluding carboxylic acids is 1. The second-order valence-electron chi connectivity index (χ2n) is 4.03. The summed E-state index contributed by atoms with van der Waals surface area (Å²) >= 11 is 0. The maximum absolute atomic E-state index is 11.8. The van der Waals surface area contributed by atoms with Crippen LogP contribution in [0.4, 0.5) is 11.5 Å². The molecule has 2 heterocycles. The Kier molecular flexibility index (Phi) is 3.41. The molecule has 1 aliphatic rings. The highest BCUT2D eigenvalue weighted by Crippen LogP contribution is 2.31. The van der Waals surface area contributed by atoms with Gasteiger partial charge < -0.3 is 15.8 Å². The van der Waals surface area contributed by atoms with Gasteiger partial charge in [-0.15, -0.1) is 0 Å². The first kappa shape index (κ1) is 11.6. The first-order valence-electron chi connectivity index (χ1n) is 5.80. The van der Waals surface area contributed by atoms with E-state index in [1.165, 1.54) is 6.33 Å². The van der Waals surface area contributed by atoms with E-state index in [9.17, 15) is 4.79 Å². The molecule has 3 N–H and O–H groups in total. The van der Waals surface area contributed by atoms with Gasteiger partial charge in [-0.25, -0.2) is 4.98 Å². The van der Waals surface area contributed by atoms with Crippen LogP contribution in [0.2, 0.25) is 0 Å². The molecule has 0 aliphatic carbocycles. The number of unbranched alkanes of at least 4 members (excludes halogenated alkanes) is 2. The molecule has 1 aromatic rings. The van der Waals surface area contributed by atoms with Gasteiger partial charge in [-0.1, -0.05) is 19.8 Å². The Morgan fingerprint density at radius 2 is 2.29 bits per heavy atom. The van der Waals surface area contributed by atoms with Gasteiger partial charge in [-0.05, 0) is 12.8 Å². The van der Waals surface area contributed by atoms with Crippen LogP contribution in [0.5, 0.6) is 5.88 Å². The van der Waals surface area contributed by atoms with Crippen molar-refractivity contribution < 1.29 is 9.53 Å². The molecule has 0 saturated carbocycles. The number of amides is 1. The molecule has 1 amide bonds. The van der Waals surface area contributed by atoms with Gasteiger partial charge in [-0.2, -0.15) is 4.98 Å². The number of ether oxygens (including phenoxy) is 1. The van der Waals surface area contributed by atoms with Crippen LogP contribution >= 0.6 is 0 Å². The van der Waals surface area contributed by atoms with Gasteiger partial charge in [0.15, 0.2) is 11.9 Å². The predicted molar refractivity (Wildman–Crippen MR) is 63.6 cm³/mol. The van der Waals surface area contributed by atoms with Crippen molar-refractivity contribution in [1.82, 2.24) is 9.97 Å². The van der Waals surface area contributed by atoms with Crippen LogP contribution in [-0.2, 0) is 4.79 Å². The van der Waals surface area contributed by atoms with Crippen LogP contribution in [0, 0.1) is 0 Å². The normalized spacial score (nSPS) is 18.2. The molecule has 1 aromatic heterocycles. The fourth-order valence-electron chi connectivity index (χ4n) is 1.75. The van der Waals surface area contributed by atoms with Crippen molar-refractivity contribution in [1.29, 1.82) is 0 Å². The van der Waals surface area contributed by atoms with Gasteiger partial charge in [0.05, 0.1) is 0 Å². The Balaban J connectivity index is 2.08. The summed E-state index contributed by atoms with van der Waals surface area (Å²) in [7, 11) is 0. The summed E-state index contributed by atoms with van der Waals surface area (Å²) in [5.74, 6) is 0.420. The number of nitrogens with one attached hydrogen (secondary N) is 1. The molecule has 0 fully saturated rings. The number of aromatic nitrogens is 2. The van der Waals surface area contributed by atoms with Crippen molar-refractivity contribution in [2.24, 2.45) is 0 Å². The van der Waals surface area contributed by atoms with Crippen molar-refractivity contribution in [3.8, 4) is 5.88 Å². The highest BCUT2D eigenvalue weighted by atomic mass is 16.5. The molecule has 0 saturated heterocycles. The fraction of sp³-hybridized carbons (Fsp3) is 0.545. The third-order valence-electron chi connectivity index (χ3n) is 2.71. The lowest BCUT2D eigenvalue weighted by Gasteiger charge is -2.24. The quantitative estimate of drug-likeness (QED) is 0.770. The van der Waals surface area contributed by atoms with Crippen molar-refractivity contribution >= 4 is 17.4 Å². The number of carbonyl (C=O) groups is 1. The lowest BCUT2D eigenvalue weighted by molar-refractivity contribution is -0.124. The van der Waals surface area contributed by atoms with Crippen molar-refractivity contribution in [3.05, 3.63) is 6.33 Å². The molecule has 6 heteroatoms. The van der Waals surface area contributed by atoms with Crippen molar-refractivity contribution in [2.75, 3.05) is 11.1 Å². The molecule has 0 aromatic carbocycles. The smallest absolute Gasteiger partial charge is 0.265 e. The van der Waals surface area contributed by atoms with Crippen LogP contribution in [0.15, 0.2) is 6.33 Å². The standard InChI is InChI=1S/C11H16N4O2/c1-2-3-4-5-7-10(16)15-8-9(12)13-6-14-11(8)17-7/h6-7H,2-5H2,1H3,(H,15,16)(H2,12,13,14). The maximum atomic E-state index is 11.8. The van der Waals surface area contributed by atoms with E-state index in [1.54, 1.807) is 0 Å². The monoisotopic (exact) mass is 236 g/mol. The molecule has 6 nitrogen and oxygen atoms in total. The summed E-state index contributed by atoms with van der Waals surface area (Å²) in [4.78, 5) is 19.5. The van der Waals surface area contributed by atoms with E-state index in [0.29, 0.717) is 18.0 Å². The van der Waals surface area contributed by atoms with E-state index in [4.69, 9.17) is 10.5 Å². The zero-order valence-electron chi connectivity index (χ0n) is 9.77. The third-order valence-corrected chi connectivity index (χ3v) is 2.71. The van der Waals surface area contributed by atoms with Gasteiger partial charge in [0.25, 0.3) is 5.91 Å². The average molecular weight is 236 g/mol. The molecule has 2 rings (SSSR count). The number of hydrogen-bond donors (Lipinski definition) is 2. The molecule has 1 aliphatic heterocycles. The molecule has 0 radical (unpaired) electrons. The van der Waals surface area contributed by atoms with E-state index in [0.717, 1.165) is 19.3 Å². The summed E-state index contributed by atoms with van der Waals surface area (Å²) in [6.45, 7) is 2.12. The summed E-state index contributed by atoms with van der Waals surface area (Å²) < 4.78 is 5.53. The SMILES string of the molecule is CCCCCC1Oc2ncnc(N)c2NC1=O. The van der Waals surface area contributed by atoms with Gasteiger partial charge in [0.2, 0.25) is 5.88 Å². The Morgan fingerprint density at radius 3 is 3.06 bits per heavy atom. The summed E-state index contributed by atoms with van der Waals surface area (Å²) in [5.41, 5.74) is 6.00. The van der Waals surface area contributed by atoms with E-state index in [-0.39, 0.29) is 11.7 Å². The molecule has 92 valence electrons. The molecule has 17 heavy (non-hydrogen) atoms. The zero-order chi connectivity index (χ0) is 12.3. The topological polar surface area (TPSA) is 90.1 Å². The largest absolute Gasteiger partial charge is 0.463 e. The van der Waals surface area contributed by atoms with E-state index < -0.39 is 6.10 Å². The van der Waals surface area contributed by atoms with E-state index in [2.05, 4.69) is 22.2 Å². The number of nitrogens with two attached hydrogens (primary N) is 1. The van der Waals surface area contributed by atoms with Gasteiger partial charge in [0, 0.05) is 0 Å². The minimum absolute atomic E-state index is 0.171. The van der Waals surface area contributed by atoms with Crippen LogP contribution in [-0.4, -0.2) is 22.0 Å².